The van der Waals surface area contributed by atoms with E-state index in [4.69, 9.17) is 9.47 Å². The molecule has 0 unspecified atom stereocenters. The lowest BCUT2D eigenvalue weighted by Gasteiger charge is -2.16. The lowest BCUT2D eigenvalue weighted by Crippen LogP contribution is -2.13. The van der Waals surface area contributed by atoms with Gasteiger partial charge in [0, 0.05) is 10.0 Å². The van der Waals surface area contributed by atoms with E-state index < -0.39 is 5.97 Å². The minimum Gasteiger partial charge on any atom is -0.489 e. The van der Waals surface area contributed by atoms with Crippen molar-refractivity contribution in [2.24, 2.45) is 0 Å². The molecule has 0 heterocycles. The minimum absolute atomic E-state index is 0.200. The minimum atomic E-state index is -0.396. The van der Waals surface area contributed by atoms with Gasteiger partial charge in [-0.1, -0.05) is 36.4 Å². The fourth-order valence-corrected chi connectivity index (χ4v) is 2.94. The maximum Gasteiger partial charge on any atom is 0.333 e. The smallest absolute Gasteiger partial charge is 0.333 e. The van der Waals surface area contributed by atoms with Crippen LogP contribution in [0.5, 0.6) is 5.75 Å². The molecule has 0 bridgehead atoms. The Bertz CT molecular complexity index is 510. The molecule has 0 aliphatic rings. The van der Waals surface area contributed by atoms with Gasteiger partial charge in [-0.05, 0) is 46.5 Å². The molecule has 0 saturated heterocycles. The lowest BCUT2D eigenvalue weighted by atomic mass is 10.0. The Morgan fingerprint density at radius 3 is 2.50 bits per heavy atom. The van der Waals surface area contributed by atoms with E-state index in [0.29, 0.717) is 18.1 Å². The monoisotopic (exact) mass is 404 g/mol. The van der Waals surface area contributed by atoms with Gasteiger partial charge in [0.15, 0.2) is 0 Å². The summed E-state index contributed by atoms with van der Waals surface area (Å²) in [6.45, 7) is 9.84. The first-order valence-electron chi connectivity index (χ1n) is 6.27. The highest BCUT2D eigenvalue weighted by Crippen LogP contribution is 2.36. The van der Waals surface area contributed by atoms with E-state index in [1.54, 1.807) is 6.92 Å². The molecule has 0 amide bonds. The Kier molecular flexibility index (Phi) is 6.76. The first-order chi connectivity index (χ1) is 9.32. The second-order valence-electron chi connectivity index (χ2n) is 4.73. The molecule has 0 aliphatic heterocycles. The molecule has 1 aromatic carbocycles. The third-order valence-corrected chi connectivity index (χ3v) is 3.62. The van der Waals surface area contributed by atoms with E-state index in [1.807, 2.05) is 12.1 Å². The summed E-state index contributed by atoms with van der Waals surface area (Å²) >= 11 is 6.96. The van der Waals surface area contributed by atoms with Crippen LogP contribution in [0.2, 0.25) is 0 Å². The van der Waals surface area contributed by atoms with Crippen molar-refractivity contribution in [3.63, 3.8) is 0 Å². The largest absolute Gasteiger partial charge is 0.489 e. The molecule has 1 rings (SSSR count). The molecule has 0 atom stereocenters. The Hall–Kier alpha value is -0.810. The van der Waals surface area contributed by atoms with E-state index in [0.717, 1.165) is 20.3 Å². The van der Waals surface area contributed by atoms with Crippen LogP contribution in [0.3, 0.4) is 0 Å². The molecule has 3 nitrogen and oxygen atoms in total. The van der Waals surface area contributed by atoms with Crippen molar-refractivity contribution >= 4 is 37.8 Å². The first kappa shape index (κ1) is 17.2. The molecule has 0 saturated carbocycles. The number of carbonyl (C=O) groups is 1. The van der Waals surface area contributed by atoms with Gasteiger partial charge in [0.2, 0.25) is 0 Å². The molecular weight excluding hydrogens is 388 g/mol. The number of esters is 1. The highest BCUT2D eigenvalue weighted by Gasteiger charge is 2.13. The average Bonchev–Trinajstić information content (AvgIpc) is 2.35. The Morgan fingerprint density at radius 1 is 1.30 bits per heavy atom. The van der Waals surface area contributed by atoms with Crippen molar-refractivity contribution in [1.82, 2.24) is 0 Å². The SMILES string of the molecule is C=C(C)C(=O)OCCOc1c(Br)cc(Br)cc1C(C)C. The zero-order valence-electron chi connectivity index (χ0n) is 11.8. The summed E-state index contributed by atoms with van der Waals surface area (Å²) in [5.41, 5.74) is 1.48. The van der Waals surface area contributed by atoms with Gasteiger partial charge < -0.3 is 9.47 Å². The van der Waals surface area contributed by atoms with Crippen molar-refractivity contribution in [1.29, 1.82) is 0 Å². The summed E-state index contributed by atoms with van der Waals surface area (Å²) in [4.78, 5) is 11.2. The Labute approximate surface area is 136 Å². The van der Waals surface area contributed by atoms with Crippen LogP contribution in [0.4, 0.5) is 0 Å². The van der Waals surface area contributed by atoms with Crippen LogP contribution >= 0.6 is 31.9 Å². The fourth-order valence-electron chi connectivity index (χ4n) is 1.56. The predicted octanol–water partition coefficient (Wildman–Crippen LogP) is 4.83. The van der Waals surface area contributed by atoms with E-state index in [-0.39, 0.29) is 6.61 Å². The maximum absolute atomic E-state index is 11.2. The van der Waals surface area contributed by atoms with Gasteiger partial charge in [-0.25, -0.2) is 4.79 Å². The first-order valence-corrected chi connectivity index (χ1v) is 7.86. The summed E-state index contributed by atoms with van der Waals surface area (Å²) in [6, 6.07) is 3.96. The molecule has 5 heteroatoms. The lowest BCUT2D eigenvalue weighted by molar-refractivity contribution is -0.139. The van der Waals surface area contributed by atoms with Crippen LogP contribution in [0.25, 0.3) is 0 Å². The summed E-state index contributed by atoms with van der Waals surface area (Å²) in [6.07, 6.45) is 0. The molecule has 0 aromatic heterocycles. The zero-order chi connectivity index (χ0) is 15.3. The number of benzene rings is 1. The summed E-state index contributed by atoms with van der Waals surface area (Å²) in [7, 11) is 0. The van der Waals surface area contributed by atoms with Crippen LogP contribution < -0.4 is 4.74 Å². The van der Waals surface area contributed by atoms with E-state index in [2.05, 4.69) is 52.3 Å². The van der Waals surface area contributed by atoms with Gasteiger partial charge in [0.25, 0.3) is 0 Å². The summed E-state index contributed by atoms with van der Waals surface area (Å²) < 4.78 is 12.6. The third-order valence-electron chi connectivity index (χ3n) is 2.57. The molecule has 20 heavy (non-hydrogen) atoms. The number of carbonyl (C=O) groups excluding carboxylic acids is 1. The Morgan fingerprint density at radius 2 is 1.95 bits per heavy atom. The van der Waals surface area contributed by atoms with Crippen molar-refractivity contribution in [2.75, 3.05) is 13.2 Å². The maximum atomic E-state index is 11.2. The number of hydrogen-bond donors (Lipinski definition) is 0. The molecule has 0 fully saturated rings. The van der Waals surface area contributed by atoms with E-state index in [9.17, 15) is 4.79 Å². The number of rotatable bonds is 6. The quantitative estimate of drug-likeness (QED) is 0.386. The normalized spacial score (nSPS) is 10.5. The summed E-state index contributed by atoms with van der Waals surface area (Å²) in [5.74, 6) is 0.721. The van der Waals surface area contributed by atoms with Crippen LogP contribution in [-0.2, 0) is 9.53 Å². The third kappa shape index (κ3) is 4.94. The molecule has 0 N–H and O–H groups in total. The van der Waals surface area contributed by atoms with Crippen LogP contribution in [-0.4, -0.2) is 19.2 Å². The number of ether oxygens (including phenoxy) is 2. The van der Waals surface area contributed by atoms with Crippen molar-refractivity contribution in [2.45, 2.75) is 26.7 Å². The molecule has 0 spiro atoms. The van der Waals surface area contributed by atoms with Gasteiger partial charge in [-0.15, -0.1) is 0 Å². The predicted molar refractivity (Wildman–Crippen MR) is 87.2 cm³/mol. The molecular formula is C15H18Br2O3. The molecule has 110 valence electrons. The molecule has 0 radical (unpaired) electrons. The second-order valence-corrected chi connectivity index (χ2v) is 6.50. The average molecular weight is 406 g/mol. The van der Waals surface area contributed by atoms with Gasteiger partial charge >= 0.3 is 5.97 Å². The molecule has 1 aromatic rings. The van der Waals surface area contributed by atoms with Crippen molar-refractivity contribution in [3.05, 3.63) is 38.8 Å². The topological polar surface area (TPSA) is 35.5 Å². The number of halogens is 2. The van der Waals surface area contributed by atoms with Crippen molar-refractivity contribution in [3.8, 4) is 5.75 Å². The van der Waals surface area contributed by atoms with Gasteiger partial charge in [0.1, 0.15) is 19.0 Å². The van der Waals surface area contributed by atoms with Gasteiger partial charge in [-0.3, -0.25) is 0 Å². The van der Waals surface area contributed by atoms with Crippen LogP contribution in [0.1, 0.15) is 32.3 Å². The van der Waals surface area contributed by atoms with E-state index >= 15 is 0 Å². The summed E-state index contributed by atoms with van der Waals surface area (Å²) in [5, 5.41) is 0. The van der Waals surface area contributed by atoms with Gasteiger partial charge in [-0.2, -0.15) is 0 Å². The van der Waals surface area contributed by atoms with E-state index in [1.165, 1.54) is 0 Å². The van der Waals surface area contributed by atoms with Crippen LogP contribution in [0.15, 0.2) is 33.2 Å². The number of hydrogen-bond acceptors (Lipinski definition) is 3. The highest BCUT2D eigenvalue weighted by molar-refractivity contribution is 9.11. The zero-order valence-corrected chi connectivity index (χ0v) is 15.0. The Balaban J connectivity index is 2.68. The standard InChI is InChI=1S/C15H18Br2O3/c1-9(2)12-7-11(16)8-13(17)14(12)19-5-6-20-15(18)10(3)4/h7-9H,3,5-6H2,1-2,4H3. The fraction of sp³-hybridized carbons (Fsp3) is 0.400. The highest BCUT2D eigenvalue weighted by atomic mass is 79.9. The van der Waals surface area contributed by atoms with Gasteiger partial charge in [0.05, 0.1) is 4.47 Å². The second kappa shape index (κ2) is 7.84. The molecule has 0 aliphatic carbocycles. The van der Waals surface area contributed by atoms with Crippen LogP contribution in [0, 0.1) is 0 Å². The van der Waals surface area contributed by atoms with Crippen molar-refractivity contribution < 1.29 is 14.3 Å².